The van der Waals surface area contributed by atoms with E-state index < -0.39 is 16.9 Å². The van der Waals surface area contributed by atoms with Crippen LogP contribution in [0, 0.1) is 0 Å². The Balaban J connectivity index is 0.000000647. The average molecular weight is 631 g/mol. The third kappa shape index (κ3) is 16.5. The molecule has 0 radical (unpaired) electrons. The van der Waals surface area contributed by atoms with Gasteiger partial charge in [0.25, 0.3) is 0 Å². The monoisotopic (exact) mass is 630 g/mol. The lowest BCUT2D eigenvalue weighted by Crippen LogP contribution is -1.94. The Kier molecular flexibility index (Phi) is 21.3. The number of rotatable bonds is 17. The van der Waals surface area contributed by atoms with Crippen molar-refractivity contribution in [2.24, 2.45) is 0 Å². The van der Waals surface area contributed by atoms with Gasteiger partial charge in [-0.1, -0.05) is 71.1 Å². The van der Waals surface area contributed by atoms with Crippen LogP contribution in [-0.4, -0.2) is 44.3 Å². The predicted octanol–water partition coefficient (Wildman–Crippen LogP) is 9.15. The Hall–Kier alpha value is 2.02. The van der Waals surface area contributed by atoms with Crippen LogP contribution in [0.3, 0.4) is 0 Å². The van der Waals surface area contributed by atoms with E-state index in [0.717, 1.165) is 6.16 Å². The molecule has 0 saturated heterocycles. The fourth-order valence-corrected chi connectivity index (χ4v) is 19.4. The van der Waals surface area contributed by atoms with Gasteiger partial charge in [-0.25, -0.2) is 0 Å². The van der Waals surface area contributed by atoms with E-state index in [4.69, 9.17) is 58.0 Å². The molecule has 0 bridgehead atoms. The van der Waals surface area contributed by atoms with E-state index in [0.29, 0.717) is 38.1 Å². The molecule has 0 heterocycles. The van der Waals surface area contributed by atoms with E-state index in [9.17, 15) is 0 Å². The van der Waals surface area contributed by atoms with Crippen LogP contribution in [0.15, 0.2) is 35.2 Å². The van der Waals surface area contributed by atoms with E-state index in [-0.39, 0.29) is 0 Å². The van der Waals surface area contributed by atoms with Crippen molar-refractivity contribution in [2.75, 3.05) is 44.3 Å². The highest BCUT2D eigenvalue weighted by atomic mass is 32.9. The number of hydrogen-bond donors (Lipinski definition) is 0. The Bertz CT molecular complexity index is 722. The second-order valence-corrected chi connectivity index (χ2v) is 26.2. The minimum Gasteiger partial charge on any atom is -0.341 e. The molecule has 0 aromatic heterocycles. The van der Waals surface area contributed by atoms with Gasteiger partial charge in [0.15, 0.2) is 0 Å². The van der Waals surface area contributed by atoms with Crippen molar-refractivity contribution in [1.29, 1.82) is 0 Å². The molecule has 1 atom stereocenters. The molecular weight excluding hydrogens is 594 g/mol. The first kappa shape index (κ1) is 35.0. The van der Waals surface area contributed by atoms with Crippen LogP contribution < -0.4 is 0 Å². The topological polar surface area (TPSA) is 46.2 Å². The first-order valence-electron chi connectivity index (χ1n) is 10.7. The first-order valence-corrected chi connectivity index (χ1v) is 23.5. The van der Waals surface area contributed by atoms with Crippen molar-refractivity contribution in [3.8, 4) is 0 Å². The standard InChI is InChI=1S/C10H15OPS2.C9H22O4P2S4/c1-3-11-12(13,4-2)14-10-8-6-5-7-9-10;1-5-10-14(16,11-6-2)18-9-19-15(17,12-7-3)13-8-4/h5-9H,3-4H2,1-2H3;5-9H2,1-4H3. The second-order valence-electron chi connectivity index (χ2n) is 5.69. The predicted molar refractivity (Wildman–Crippen MR) is 164 cm³/mol. The van der Waals surface area contributed by atoms with E-state index >= 15 is 0 Å². The molecule has 0 spiro atoms. The molecule has 1 unspecified atom stereocenters. The van der Waals surface area contributed by atoms with Gasteiger partial charge in [-0.3, -0.25) is 0 Å². The molecular formula is C19H37O5P3S6. The number of benzene rings is 1. The smallest absolute Gasteiger partial charge is 0.248 e. The molecule has 0 N–H and O–H groups in total. The summed E-state index contributed by atoms with van der Waals surface area (Å²) in [5.41, 5.74) is -6.18. The minimum absolute atomic E-state index is 0.556. The molecule has 1 aromatic rings. The zero-order valence-corrected chi connectivity index (χ0v) is 27.8. The van der Waals surface area contributed by atoms with Crippen LogP contribution in [0.2, 0.25) is 0 Å². The Morgan fingerprint density at radius 1 is 0.636 bits per heavy atom. The summed E-state index contributed by atoms with van der Waals surface area (Å²) in [4.78, 5) is 1.21. The van der Waals surface area contributed by atoms with Gasteiger partial charge >= 0.3 is 0 Å². The molecule has 0 aliphatic carbocycles. The Morgan fingerprint density at radius 2 is 1.03 bits per heavy atom. The van der Waals surface area contributed by atoms with Crippen LogP contribution >= 0.6 is 51.0 Å². The molecule has 0 aliphatic rings. The highest BCUT2D eigenvalue weighted by Crippen LogP contribution is 2.68. The van der Waals surface area contributed by atoms with Crippen LogP contribution in [0.5, 0.6) is 0 Å². The van der Waals surface area contributed by atoms with Gasteiger partial charge in [-0.2, -0.15) is 0 Å². The normalized spacial score (nSPS) is 13.8. The summed E-state index contributed by atoms with van der Waals surface area (Å²) in [7, 11) is 0. The van der Waals surface area contributed by atoms with Crippen LogP contribution in [0.25, 0.3) is 0 Å². The maximum atomic E-state index is 5.67. The van der Waals surface area contributed by atoms with Crippen LogP contribution in [0.4, 0.5) is 0 Å². The summed E-state index contributed by atoms with van der Waals surface area (Å²) < 4.78 is 27.9. The lowest BCUT2D eigenvalue weighted by molar-refractivity contribution is 0.280. The molecule has 0 amide bonds. The van der Waals surface area contributed by atoms with Crippen LogP contribution in [-0.2, 0) is 58.0 Å². The molecule has 0 aliphatic heterocycles. The summed E-state index contributed by atoms with van der Waals surface area (Å²) in [6, 6.07) is 10.2. The van der Waals surface area contributed by atoms with E-state index in [1.54, 1.807) is 11.4 Å². The largest absolute Gasteiger partial charge is 0.341 e. The summed E-state index contributed by atoms with van der Waals surface area (Å²) in [5, 5.41) is 0.661. The Labute approximate surface area is 228 Å². The van der Waals surface area contributed by atoms with Crippen molar-refractivity contribution in [2.45, 2.75) is 46.4 Å². The highest BCUT2D eigenvalue weighted by molar-refractivity contribution is 8.76. The third-order valence-corrected chi connectivity index (χ3v) is 21.8. The SMILES string of the molecule is CCOP(=S)(CC)Sc1ccccc1.CCOP(=S)(OCC)SCSP(=S)(OCC)OCC. The quantitative estimate of drug-likeness (QED) is 0.122. The molecule has 194 valence electrons. The van der Waals surface area contributed by atoms with Crippen LogP contribution in [0.1, 0.15) is 41.5 Å². The molecule has 1 aromatic carbocycles. The molecule has 33 heavy (non-hydrogen) atoms. The van der Waals surface area contributed by atoms with Crippen molar-refractivity contribution in [1.82, 2.24) is 0 Å². The molecule has 14 heteroatoms. The molecule has 1 rings (SSSR count). The van der Waals surface area contributed by atoms with Crippen molar-refractivity contribution in [3.63, 3.8) is 0 Å². The fraction of sp³-hybridized carbons (Fsp3) is 0.684. The molecule has 0 fully saturated rings. The fourth-order valence-electron chi connectivity index (χ4n) is 2.03. The van der Waals surface area contributed by atoms with Gasteiger partial charge in [0.1, 0.15) is 5.47 Å². The molecule has 0 saturated carbocycles. The maximum absolute atomic E-state index is 5.67. The van der Waals surface area contributed by atoms with Gasteiger partial charge in [0.05, 0.1) is 31.5 Å². The summed E-state index contributed by atoms with van der Waals surface area (Å²) in [6.45, 7) is 14.7. The van der Waals surface area contributed by atoms with Crippen molar-refractivity contribution < 1.29 is 22.6 Å². The summed E-state index contributed by atoms with van der Waals surface area (Å²) >= 11 is 21.1. The summed E-state index contributed by atoms with van der Waals surface area (Å²) in [6.07, 6.45) is 0.940. The highest BCUT2D eigenvalue weighted by Gasteiger charge is 2.24. The third-order valence-electron chi connectivity index (χ3n) is 3.27. The molecule has 5 nitrogen and oxygen atoms in total. The maximum Gasteiger partial charge on any atom is 0.248 e. The lowest BCUT2D eigenvalue weighted by Gasteiger charge is -2.23. The lowest BCUT2D eigenvalue weighted by atomic mass is 10.4. The van der Waals surface area contributed by atoms with Gasteiger partial charge in [0.2, 0.25) is 11.4 Å². The zero-order valence-electron chi connectivity index (χ0n) is 20.2. The number of hydrogen-bond acceptors (Lipinski definition) is 11. The van der Waals surface area contributed by atoms with Gasteiger partial charge in [0, 0.05) is 17.7 Å². The van der Waals surface area contributed by atoms with E-state index in [1.807, 2.05) is 52.8 Å². The van der Waals surface area contributed by atoms with Gasteiger partial charge < -0.3 is 22.6 Å². The average Bonchev–Trinajstić information content (AvgIpc) is 2.75. The second kappa shape index (κ2) is 20.0. The Morgan fingerprint density at radius 3 is 1.36 bits per heavy atom. The van der Waals surface area contributed by atoms with E-state index in [1.165, 1.54) is 27.7 Å². The first-order chi connectivity index (χ1) is 15.6. The van der Waals surface area contributed by atoms with E-state index in [2.05, 4.69) is 19.1 Å². The zero-order chi connectivity index (χ0) is 25.2. The van der Waals surface area contributed by atoms with Gasteiger partial charge in [-0.05, 0) is 70.4 Å². The minimum atomic E-state index is -2.25. The summed E-state index contributed by atoms with van der Waals surface area (Å²) in [5.74, 6) is 0. The van der Waals surface area contributed by atoms with Crippen molar-refractivity contribution >= 4 is 86.4 Å². The van der Waals surface area contributed by atoms with Crippen molar-refractivity contribution in [3.05, 3.63) is 30.3 Å². The van der Waals surface area contributed by atoms with Gasteiger partial charge in [-0.15, -0.1) is 0 Å².